The van der Waals surface area contributed by atoms with E-state index in [9.17, 15) is 8.96 Å². The fourth-order valence-corrected chi connectivity index (χ4v) is 4.24. The Morgan fingerprint density at radius 3 is 2.35 bits per heavy atom. The zero-order valence-corrected chi connectivity index (χ0v) is 18.7. The Morgan fingerprint density at radius 1 is 1.03 bits per heavy atom. The van der Waals surface area contributed by atoms with E-state index in [-0.39, 0.29) is 5.82 Å². The first kappa shape index (κ1) is 20.9. The molecule has 158 valence electrons. The van der Waals surface area contributed by atoms with Crippen LogP contribution in [0.1, 0.15) is 16.7 Å². The average molecular weight is 435 g/mol. The average Bonchev–Trinajstić information content (AvgIpc) is 3.10. The van der Waals surface area contributed by atoms with E-state index in [0.29, 0.717) is 16.9 Å². The first-order chi connectivity index (χ1) is 14.7. The van der Waals surface area contributed by atoms with E-state index in [1.807, 2.05) is 44.3 Å². The smallest absolute Gasteiger partial charge is 0.312 e. The molecule has 0 fully saturated rings. The fraction of sp³-hybridized carbons (Fsp3) is 0.174. The fourth-order valence-electron chi connectivity index (χ4n) is 3.37. The zero-order valence-electron chi connectivity index (χ0n) is 17.8. The third kappa shape index (κ3) is 4.42. The van der Waals surface area contributed by atoms with E-state index in [2.05, 4.69) is 20.3 Å². The summed E-state index contributed by atoms with van der Waals surface area (Å²) in [5.74, 6) is 0.269. The van der Waals surface area contributed by atoms with Gasteiger partial charge in [-0.15, -0.1) is 0 Å². The second-order valence-corrected chi connectivity index (χ2v) is 11.0. The molecule has 8 heteroatoms. The molecule has 0 amide bonds. The number of hydrogen-bond acceptors (Lipinski definition) is 5. The highest BCUT2D eigenvalue weighted by Gasteiger charge is 2.14. The Bertz CT molecular complexity index is 1320. The number of rotatable bonds is 5. The van der Waals surface area contributed by atoms with Crippen LogP contribution in [0, 0.1) is 19.9 Å². The molecule has 2 aromatic heterocycles. The Kier molecular flexibility index (Phi) is 5.46. The summed E-state index contributed by atoms with van der Waals surface area (Å²) in [5, 5.41) is 3.87. The molecule has 0 saturated carbocycles. The van der Waals surface area contributed by atoms with Gasteiger partial charge < -0.3 is 9.88 Å². The molecule has 4 aromatic rings. The Morgan fingerprint density at radius 2 is 1.71 bits per heavy atom. The van der Waals surface area contributed by atoms with E-state index in [0.717, 1.165) is 22.0 Å². The Labute approximate surface area is 180 Å². The molecule has 2 aromatic carbocycles. The molecule has 1 N–H and O–H groups in total. The highest BCUT2D eigenvalue weighted by molar-refractivity contribution is 7.70. The molecule has 0 radical (unpaired) electrons. The Balaban J connectivity index is 1.68. The van der Waals surface area contributed by atoms with Gasteiger partial charge in [-0.2, -0.15) is 14.4 Å². The number of hydrogen-bond donors (Lipinski definition) is 1. The third-order valence-corrected chi connectivity index (χ3v) is 6.63. The van der Waals surface area contributed by atoms with Crippen LogP contribution in [0.4, 0.5) is 15.9 Å². The van der Waals surface area contributed by atoms with Gasteiger partial charge in [-0.05, 0) is 74.2 Å². The van der Waals surface area contributed by atoms with Crippen molar-refractivity contribution in [2.45, 2.75) is 13.8 Å². The van der Waals surface area contributed by atoms with Crippen molar-refractivity contribution in [2.75, 3.05) is 18.6 Å². The number of nitrogens with zero attached hydrogens (tertiary/aromatic N) is 4. The monoisotopic (exact) mass is 435 g/mol. The van der Waals surface area contributed by atoms with Gasteiger partial charge >= 0.3 is 6.08 Å². The minimum atomic E-state index is -2.34. The lowest BCUT2D eigenvalue weighted by Gasteiger charge is -2.10. The predicted octanol–water partition coefficient (Wildman–Crippen LogP) is 5.20. The molecule has 6 nitrogen and oxygen atoms in total. The minimum Gasteiger partial charge on any atom is -0.338 e. The summed E-state index contributed by atoms with van der Waals surface area (Å²) in [7, 11) is -2.34. The largest absolute Gasteiger partial charge is 0.338 e. The second-order valence-electron chi connectivity index (χ2n) is 7.81. The molecule has 0 atom stereocenters. The molecule has 0 saturated heterocycles. The van der Waals surface area contributed by atoms with Gasteiger partial charge in [0.2, 0.25) is 0 Å². The van der Waals surface area contributed by atoms with Gasteiger partial charge in [-0.3, -0.25) is 4.57 Å². The predicted molar refractivity (Wildman–Crippen MR) is 125 cm³/mol. The van der Waals surface area contributed by atoms with Gasteiger partial charge in [0.15, 0.2) is 17.0 Å². The lowest BCUT2D eigenvalue weighted by molar-refractivity contribution is 0.545. The first-order valence-electron chi connectivity index (χ1n) is 9.79. The topological polar surface area (TPSA) is 72.7 Å². The lowest BCUT2D eigenvalue weighted by Crippen LogP contribution is -2.04. The number of imidazole rings is 1. The third-order valence-electron chi connectivity index (χ3n) is 5.09. The van der Waals surface area contributed by atoms with Crippen LogP contribution in [0.15, 0.2) is 48.8 Å². The maximum Gasteiger partial charge on any atom is 0.312 e. The van der Waals surface area contributed by atoms with Crippen molar-refractivity contribution in [2.24, 2.45) is 0 Å². The summed E-state index contributed by atoms with van der Waals surface area (Å²) in [6.45, 7) is 7.53. The molecule has 0 spiro atoms. The summed E-state index contributed by atoms with van der Waals surface area (Å²) in [4.78, 5) is 12.2. The van der Waals surface area contributed by atoms with Crippen molar-refractivity contribution in [1.29, 1.82) is 0 Å². The molecule has 0 aliphatic carbocycles. The number of aryl methyl sites for hydroxylation is 2. The van der Waals surface area contributed by atoms with Crippen LogP contribution in [0.2, 0.25) is 0 Å². The van der Waals surface area contributed by atoms with Gasteiger partial charge in [-0.1, -0.05) is 18.2 Å². The summed E-state index contributed by atoms with van der Waals surface area (Å²) < 4.78 is 28.1. The summed E-state index contributed by atoms with van der Waals surface area (Å²) >= 11 is 0. The van der Waals surface area contributed by atoms with Gasteiger partial charge in [0.25, 0.3) is 0 Å². The van der Waals surface area contributed by atoms with Crippen LogP contribution in [-0.4, -0.2) is 32.8 Å². The molecule has 31 heavy (non-hydrogen) atoms. The van der Waals surface area contributed by atoms with Crippen LogP contribution in [0.5, 0.6) is 0 Å². The number of anilines is 2. The quantitative estimate of drug-likeness (QED) is 0.345. The molecular weight excluding hydrogens is 412 g/mol. The van der Waals surface area contributed by atoms with Gasteiger partial charge in [-0.25, -0.2) is 4.98 Å². The van der Waals surface area contributed by atoms with Crippen molar-refractivity contribution in [3.63, 3.8) is 0 Å². The number of aromatic nitrogens is 4. The maximum absolute atomic E-state index is 14.2. The van der Waals surface area contributed by atoms with Crippen LogP contribution < -0.4 is 10.6 Å². The molecule has 0 unspecified atom stereocenters. The molecule has 2 heterocycles. The van der Waals surface area contributed by atoms with Crippen LogP contribution in [-0.2, 0) is 4.57 Å². The summed E-state index contributed by atoms with van der Waals surface area (Å²) in [6.07, 6.45) is 4.52. The lowest BCUT2D eigenvalue weighted by atomic mass is 10.0. The van der Waals surface area contributed by atoms with Crippen molar-refractivity contribution in [1.82, 2.24) is 19.5 Å². The number of nitrogens with one attached hydrogen (secondary N) is 1. The maximum atomic E-state index is 14.2. The summed E-state index contributed by atoms with van der Waals surface area (Å²) in [6, 6.07) is 13.3. The number of fused-ring (bicyclic) bond motifs is 1. The van der Waals surface area contributed by atoms with Gasteiger partial charge in [0, 0.05) is 17.2 Å². The molecular formula is C23H23FN5OP. The standard InChI is InChI=1S/C23H23FN5OP/c1-15-6-5-7-16(2)19(15)12-13-29-14-25-20-21(27-23(24)28-22(20)29)26-17-8-10-18(11-9-17)31(3,4)30/h5-14H,1-4H3,(H,26,27,28)/b13-12+. The Hall–Kier alpha value is -3.31. The van der Waals surface area contributed by atoms with Crippen molar-refractivity contribution in [3.05, 3.63) is 71.6 Å². The number of halogens is 1. The van der Waals surface area contributed by atoms with E-state index in [1.54, 1.807) is 48.5 Å². The molecule has 0 aliphatic heterocycles. The zero-order chi connectivity index (χ0) is 22.2. The van der Waals surface area contributed by atoms with E-state index in [1.165, 1.54) is 0 Å². The van der Waals surface area contributed by atoms with E-state index >= 15 is 0 Å². The minimum absolute atomic E-state index is 0.269. The highest BCUT2D eigenvalue weighted by atomic mass is 31.2. The number of benzene rings is 2. The normalized spacial score (nSPS) is 12.0. The van der Waals surface area contributed by atoms with Crippen molar-refractivity contribution >= 4 is 47.4 Å². The molecule has 0 bridgehead atoms. The van der Waals surface area contributed by atoms with E-state index in [4.69, 9.17) is 0 Å². The highest BCUT2D eigenvalue weighted by Crippen LogP contribution is 2.35. The van der Waals surface area contributed by atoms with E-state index < -0.39 is 13.2 Å². The first-order valence-corrected chi connectivity index (χ1v) is 12.4. The summed E-state index contributed by atoms with van der Waals surface area (Å²) in [5.41, 5.74) is 4.90. The van der Waals surface area contributed by atoms with Crippen LogP contribution in [0.3, 0.4) is 0 Å². The van der Waals surface area contributed by atoms with Crippen molar-refractivity contribution in [3.8, 4) is 0 Å². The molecule has 0 aliphatic rings. The van der Waals surface area contributed by atoms with Gasteiger partial charge in [0.1, 0.15) is 13.5 Å². The van der Waals surface area contributed by atoms with Crippen LogP contribution >= 0.6 is 7.14 Å². The van der Waals surface area contributed by atoms with Crippen LogP contribution in [0.25, 0.3) is 23.4 Å². The van der Waals surface area contributed by atoms with Crippen molar-refractivity contribution < 1.29 is 8.96 Å². The second kappa shape index (κ2) is 8.08. The SMILES string of the molecule is Cc1cccc(C)c1/C=C/n1cnc2c(Nc3ccc(P(C)(C)=O)cc3)nc(F)nc21. The molecule has 4 rings (SSSR count). The van der Waals surface area contributed by atoms with Gasteiger partial charge in [0.05, 0.1) is 0 Å².